The van der Waals surface area contributed by atoms with Gasteiger partial charge in [0.1, 0.15) is 23.0 Å². The molecule has 2 bridgehead atoms. The number of benzene rings is 2. The van der Waals surface area contributed by atoms with Gasteiger partial charge < -0.3 is 15.5 Å². The van der Waals surface area contributed by atoms with Crippen LogP contribution in [0.3, 0.4) is 0 Å². The fourth-order valence-corrected chi connectivity index (χ4v) is 4.54. The van der Waals surface area contributed by atoms with E-state index in [1.54, 1.807) is 26.0 Å². The number of imidazole rings is 1. The summed E-state index contributed by atoms with van der Waals surface area (Å²) in [5.41, 5.74) is 1.88. The van der Waals surface area contributed by atoms with Crippen molar-refractivity contribution in [3.05, 3.63) is 70.6 Å². The third-order valence-electron chi connectivity index (χ3n) is 6.06. The predicted octanol–water partition coefficient (Wildman–Crippen LogP) is 2.01. The Hall–Kier alpha value is -3.78. The number of phenols is 1. The Morgan fingerprint density at radius 1 is 1.19 bits per heavy atom. The van der Waals surface area contributed by atoms with E-state index in [2.05, 4.69) is 15.3 Å². The lowest BCUT2D eigenvalue weighted by molar-refractivity contribution is 0.0687. The number of nitrogens with one attached hydrogen (secondary N) is 1. The van der Waals surface area contributed by atoms with Gasteiger partial charge >= 0.3 is 0 Å². The summed E-state index contributed by atoms with van der Waals surface area (Å²) in [5.74, 6) is 0.821. The summed E-state index contributed by atoms with van der Waals surface area (Å²) >= 11 is 0. The number of rotatable bonds is 2. The molecule has 160 valence electrons. The Bertz CT molecular complexity index is 1530. The maximum absolute atomic E-state index is 15.1. The molecule has 2 aromatic heterocycles. The van der Waals surface area contributed by atoms with Crippen LogP contribution in [0.25, 0.3) is 34.1 Å². The molecule has 8 heteroatoms. The summed E-state index contributed by atoms with van der Waals surface area (Å²) in [5, 5.41) is 25.7. The molecule has 0 aliphatic carbocycles. The minimum atomic E-state index is -1.18. The van der Waals surface area contributed by atoms with E-state index in [9.17, 15) is 10.2 Å². The fraction of sp³-hybridized carbons (Fsp3) is 0.208. The Morgan fingerprint density at radius 2 is 1.97 bits per heavy atom. The van der Waals surface area contributed by atoms with Gasteiger partial charge in [-0.15, -0.1) is 0 Å². The van der Waals surface area contributed by atoms with Crippen molar-refractivity contribution >= 4 is 22.9 Å². The van der Waals surface area contributed by atoms with Gasteiger partial charge in [-0.3, -0.25) is 4.57 Å². The Balaban J connectivity index is 1.61. The van der Waals surface area contributed by atoms with Crippen molar-refractivity contribution < 1.29 is 14.6 Å². The van der Waals surface area contributed by atoms with Gasteiger partial charge in [0.15, 0.2) is 5.82 Å². The lowest BCUT2D eigenvalue weighted by Crippen LogP contribution is -2.30. The molecular formula is C24H20FN5O2. The first kappa shape index (κ1) is 18.9. The highest BCUT2D eigenvalue weighted by Gasteiger charge is 2.32. The zero-order chi connectivity index (χ0) is 22.2. The molecule has 2 aromatic carbocycles. The molecule has 1 atom stereocenters. The number of phenolic OH excluding ortho intramolecular Hbond substituents is 1. The first-order chi connectivity index (χ1) is 15.3. The normalized spacial score (nSPS) is 16.9. The summed E-state index contributed by atoms with van der Waals surface area (Å²) in [7, 11) is 0. The zero-order valence-corrected chi connectivity index (χ0v) is 17.5. The maximum Gasteiger partial charge on any atom is 0.159 e. The Kier molecular flexibility index (Phi) is 3.77. The van der Waals surface area contributed by atoms with E-state index in [1.807, 2.05) is 22.9 Å². The minimum absolute atomic E-state index is 0.0647. The highest BCUT2D eigenvalue weighted by molar-refractivity contribution is 5.87. The topological polar surface area (TPSA) is 96.1 Å². The van der Waals surface area contributed by atoms with E-state index >= 15 is 4.39 Å². The van der Waals surface area contributed by atoms with Crippen molar-refractivity contribution in [3.63, 3.8) is 0 Å². The number of aliphatic hydroxyl groups is 1. The van der Waals surface area contributed by atoms with Gasteiger partial charge in [-0.05, 0) is 26.0 Å². The third kappa shape index (κ3) is 2.66. The molecule has 0 fully saturated rings. The number of nitrogens with zero attached hydrogens (tertiary/aromatic N) is 4. The Labute approximate surface area is 182 Å². The number of hydrogen-bond acceptors (Lipinski definition) is 6. The van der Waals surface area contributed by atoms with E-state index in [0.717, 1.165) is 27.5 Å². The van der Waals surface area contributed by atoms with Crippen LogP contribution in [-0.4, -0.2) is 29.7 Å². The van der Waals surface area contributed by atoms with Crippen LogP contribution in [0.15, 0.2) is 42.7 Å². The summed E-state index contributed by atoms with van der Waals surface area (Å²) in [4.78, 5) is 13.1. The van der Waals surface area contributed by atoms with Gasteiger partial charge in [0.05, 0.1) is 17.1 Å². The average Bonchev–Trinajstić information content (AvgIpc) is 3.20. The van der Waals surface area contributed by atoms with Crippen molar-refractivity contribution in [2.75, 3.05) is 0 Å². The zero-order valence-electron chi connectivity index (χ0n) is 17.5. The summed E-state index contributed by atoms with van der Waals surface area (Å²) in [6.45, 7) is 3.20. The molecule has 4 aromatic rings. The van der Waals surface area contributed by atoms with Crippen LogP contribution >= 0.6 is 0 Å². The maximum atomic E-state index is 15.1. The van der Waals surface area contributed by atoms with Gasteiger partial charge in [0.25, 0.3) is 0 Å². The molecule has 32 heavy (non-hydrogen) atoms. The van der Waals surface area contributed by atoms with Gasteiger partial charge in [-0.25, -0.2) is 19.3 Å². The van der Waals surface area contributed by atoms with Crippen LogP contribution < -0.4 is 15.8 Å². The van der Waals surface area contributed by atoms with Crippen LogP contribution in [0.5, 0.6) is 5.75 Å². The molecule has 0 saturated heterocycles. The number of hydrogen-bond donors (Lipinski definition) is 3. The van der Waals surface area contributed by atoms with Crippen molar-refractivity contribution in [2.24, 2.45) is 0 Å². The summed E-state index contributed by atoms with van der Waals surface area (Å²) < 4.78 is 17.1. The SMILES string of the molecule is CC(C)(O)c1ncc(-c2cc3c(cc2F)nc2n3C3=c4c(O)cccc4=CN[C@@H]2C3)cn1. The monoisotopic (exact) mass is 429 g/mol. The number of aromatic hydroxyl groups is 1. The van der Waals surface area contributed by atoms with Crippen LogP contribution in [0.1, 0.15) is 38.0 Å². The molecule has 0 amide bonds. The highest BCUT2D eigenvalue weighted by Crippen LogP contribution is 2.38. The lowest BCUT2D eigenvalue weighted by atomic mass is 10.1. The molecule has 0 saturated carbocycles. The molecule has 4 heterocycles. The second-order valence-electron chi connectivity index (χ2n) is 8.74. The van der Waals surface area contributed by atoms with Crippen molar-refractivity contribution in [1.29, 1.82) is 0 Å². The molecule has 2 aliphatic rings. The van der Waals surface area contributed by atoms with E-state index in [-0.39, 0.29) is 17.6 Å². The highest BCUT2D eigenvalue weighted by atomic mass is 19.1. The quantitative estimate of drug-likeness (QED) is 0.451. The van der Waals surface area contributed by atoms with E-state index in [4.69, 9.17) is 4.98 Å². The van der Waals surface area contributed by atoms with E-state index in [1.165, 1.54) is 18.5 Å². The smallest absolute Gasteiger partial charge is 0.159 e. The number of halogens is 1. The second-order valence-corrected chi connectivity index (χ2v) is 8.74. The molecule has 0 unspecified atom stereocenters. The standard InChI is InChI=1S/C24H20FN5O2/c1-24(2,32)23-27-10-13(11-28-23)14-6-18-16(7-15(14)25)29-22-17-8-19(30(18)22)21-12(9-26-17)4-3-5-20(21)31/h3-7,9-11,17,26,31-32H,8H2,1-2H3/t17-/m1/s1. The molecule has 0 radical (unpaired) electrons. The largest absolute Gasteiger partial charge is 0.507 e. The van der Waals surface area contributed by atoms with Crippen LogP contribution in [0.2, 0.25) is 0 Å². The van der Waals surface area contributed by atoms with Crippen molar-refractivity contribution in [1.82, 2.24) is 24.8 Å². The predicted molar refractivity (Wildman–Crippen MR) is 117 cm³/mol. The Morgan fingerprint density at radius 3 is 2.72 bits per heavy atom. The van der Waals surface area contributed by atoms with Crippen LogP contribution in [0, 0.1) is 5.82 Å². The van der Waals surface area contributed by atoms with Crippen LogP contribution in [0.4, 0.5) is 4.39 Å². The fourth-order valence-electron chi connectivity index (χ4n) is 4.54. The lowest BCUT2D eigenvalue weighted by Gasteiger charge is -2.15. The molecule has 2 aliphatic heterocycles. The number of aromatic nitrogens is 4. The first-order valence-electron chi connectivity index (χ1n) is 10.4. The van der Waals surface area contributed by atoms with Gasteiger partial charge in [-0.2, -0.15) is 0 Å². The van der Waals surface area contributed by atoms with Crippen molar-refractivity contribution in [3.8, 4) is 16.9 Å². The number of fused-ring (bicyclic) bond motifs is 8. The summed E-state index contributed by atoms with van der Waals surface area (Å²) in [6, 6.07) is 8.53. The van der Waals surface area contributed by atoms with E-state index < -0.39 is 11.4 Å². The van der Waals surface area contributed by atoms with Gasteiger partial charge in [0, 0.05) is 58.3 Å². The van der Waals surface area contributed by atoms with Crippen molar-refractivity contribution in [2.45, 2.75) is 31.9 Å². The molecule has 3 N–H and O–H groups in total. The molecular weight excluding hydrogens is 409 g/mol. The third-order valence-corrected chi connectivity index (χ3v) is 6.06. The molecule has 7 nitrogen and oxygen atoms in total. The average molecular weight is 429 g/mol. The minimum Gasteiger partial charge on any atom is -0.507 e. The molecule has 6 rings (SSSR count). The first-order valence-corrected chi connectivity index (χ1v) is 10.4. The van der Waals surface area contributed by atoms with Gasteiger partial charge in [0.2, 0.25) is 0 Å². The van der Waals surface area contributed by atoms with Gasteiger partial charge in [-0.1, -0.05) is 12.1 Å². The molecule has 0 spiro atoms. The van der Waals surface area contributed by atoms with E-state index in [0.29, 0.717) is 23.1 Å². The summed E-state index contributed by atoms with van der Waals surface area (Å²) in [6.07, 6.45) is 5.58. The van der Waals surface area contributed by atoms with Crippen LogP contribution in [-0.2, 0) is 5.60 Å². The second kappa shape index (κ2) is 6.37.